The minimum Gasteiger partial charge on any atom is -0.662 e. The van der Waals surface area contributed by atoms with Crippen molar-refractivity contribution in [3.8, 4) is 0 Å². The summed E-state index contributed by atoms with van der Waals surface area (Å²) in [7, 11) is 1.84. The molecule has 0 aromatic heterocycles. The highest BCUT2D eigenvalue weighted by Crippen LogP contribution is 2.16. The van der Waals surface area contributed by atoms with Gasteiger partial charge in [0, 0.05) is 13.1 Å². The standard InChI is InChI=1S/C9H17N2O2/c1-3-13-9(12)11-6-4-8(10-2)5-7-11/h8H,3-7H2,1-2H3/q-1. The van der Waals surface area contributed by atoms with Gasteiger partial charge in [-0.2, -0.15) is 7.05 Å². The molecule has 1 heterocycles. The topological polar surface area (TPSA) is 43.6 Å². The molecule has 0 N–H and O–H groups in total. The Morgan fingerprint density at radius 1 is 1.54 bits per heavy atom. The van der Waals surface area contributed by atoms with Crippen molar-refractivity contribution < 1.29 is 9.53 Å². The largest absolute Gasteiger partial charge is 0.662 e. The van der Waals surface area contributed by atoms with Crippen molar-refractivity contribution in [1.29, 1.82) is 0 Å². The number of rotatable bonds is 2. The fourth-order valence-corrected chi connectivity index (χ4v) is 1.52. The summed E-state index contributed by atoms with van der Waals surface area (Å²) < 4.78 is 4.91. The summed E-state index contributed by atoms with van der Waals surface area (Å²) >= 11 is 0. The summed E-state index contributed by atoms with van der Waals surface area (Å²) in [6.45, 7) is 3.84. The minimum absolute atomic E-state index is 0.183. The molecule has 1 saturated heterocycles. The number of nitrogens with zero attached hydrogens (tertiary/aromatic N) is 2. The second-order valence-corrected chi connectivity index (χ2v) is 3.18. The fraction of sp³-hybridized carbons (Fsp3) is 0.889. The summed E-state index contributed by atoms with van der Waals surface area (Å²) in [5, 5.41) is 4.21. The van der Waals surface area contributed by atoms with Crippen LogP contribution in [-0.4, -0.2) is 43.8 Å². The van der Waals surface area contributed by atoms with Crippen LogP contribution in [0.1, 0.15) is 19.8 Å². The van der Waals surface area contributed by atoms with Crippen LogP contribution in [0.25, 0.3) is 5.32 Å². The lowest BCUT2D eigenvalue weighted by atomic mass is 10.1. The summed E-state index contributed by atoms with van der Waals surface area (Å²) in [5.41, 5.74) is 0. The zero-order chi connectivity index (χ0) is 9.68. The van der Waals surface area contributed by atoms with E-state index >= 15 is 0 Å². The molecule has 0 aromatic carbocycles. The molecule has 0 bridgehead atoms. The Kier molecular flexibility index (Phi) is 4.02. The molecule has 4 heteroatoms. The normalized spacial score (nSPS) is 18.8. The van der Waals surface area contributed by atoms with Gasteiger partial charge in [0.25, 0.3) is 0 Å². The van der Waals surface area contributed by atoms with Gasteiger partial charge in [-0.05, 0) is 6.92 Å². The van der Waals surface area contributed by atoms with Gasteiger partial charge < -0.3 is 15.0 Å². The third-order valence-electron chi connectivity index (χ3n) is 2.36. The van der Waals surface area contributed by atoms with Crippen molar-refractivity contribution in [3.63, 3.8) is 0 Å². The van der Waals surface area contributed by atoms with Gasteiger partial charge in [-0.25, -0.2) is 4.79 Å². The summed E-state index contributed by atoms with van der Waals surface area (Å²) in [6, 6.07) is 0.436. The van der Waals surface area contributed by atoms with E-state index in [-0.39, 0.29) is 6.09 Å². The number of likely N-dealkylation sites (tertiary alicyclic amines) is 1. The van der Waals surface area contributed by atoms with Crippen molar-refractivity contribution in [2.24, 2.45) is 0 Å². The number of ether oxygens (including phenoxy) is 1. The van der Waals surface area contributed by atoms with Crippen LogP contribution in [0.4, 0.5) is 4.79 Å². The summed E-state index contributed by atoms with van der Waals surface area (Å²) in [5.74, 6) is 0. The van der Waals surface area contributed by atoms with Crippen LogP contribution in [-0.2, 0) is 4.74 Å². The number of hydrogen-bond donors (Lipinski definition) is 0. The SMILES string of the molecule is CCOC(=O)N1CCC([N-]C)CC1. The molecular weight excluding hydrogens is 168 g/mol. The van der Waals surface area contributed by atoms with E-state index in [0.717, 1.165) is 25.9 Å². The second kappa shape index (κ2) is 5.07. The number of hydrogen-bond acceptors (Lipinski definition) is 2. The van der Waals surface area contributed by atoms with Gasteiger partial charge in [0.05, 0.1) is 6.61 Å². The maximum absolute atomic E-state index is 11.3. The summed E-state index contributed by atoms with van der Waals surface area (Å²) in [6.07, 6.45) is 1.75. The van der Waals surface area contributed by atoms with Crippen LogP contribution in [0.5, 0.6) is 0 Å². The molecule has 0 atom stereocenters. The molecule has 1 aliphatic rings. The van der Waals surface area contributed by atoms with Gasteiger partial charge in [-0.15, -0.1) is 6.04 Å². The first-order valence-electron chi connectivity index (χ1n) is 4.78. The molecule has 13 heavy (non-hydrogen) atoms. The van der Waals surface area contributed by atoms with Gasteiger partial charge in [-0.1, -0.05) is 12.8 Å². The van der Waals surface area contributed by atoms with Crippen LogP contribution in [0, 0.1) is 0 Å². The van der Waals surface area contributed by atoms with Crippen molar-refractivity contribution in [1.82, 2.24) is 4.90 Å². The molecule has 0 aliphatic carbocycles. The maximum atomic E-state index is 11.3. The van der Waals surface area contributed by atoms with E-state index < -0.39 is 0 Å². The monoisotopic (exact) mass is 185 g/mol. The Labute approximate surface area is 79.2 Å². The Balaban J connectivity index is 2.28. The predicted octanol–water partition coefficient (Wildman–Crippen LogP) is 1.61. The van der Waals surface area contributed by atoms with Crippen molar-refractivity contribution in [2.75, 3.05) is 26.7 Å². The van der Waals surface area contributed by atoms with Crippen LogP contribution >= 0.6 is 0 Å². The van der Waals surface area contributed by atoms with E-state index in [1.54, 1.807) is 4.90 Å². The molecule has 0 aromatic rings. The molecule has 0 saturated carbocycles. The molecule has 0 unspecified atom stereocenters. The molecule has 1 rings (SSSR count). The Hall–Kier alpha value is -0.770. The molecule has 1 amide bonds. The highest BCUT2D eigenvalue weighted by molar-refractivity contribution is 5.67. The van der Waals surface area contributed by atoms with Crippen molar-refractivity contribution in [2.45, 2.75) is 25.8 Å². The molecule has 1 aliphatic heterocycles. The first-order chi connectivity index (χ1) is 6.27. The van der Waals surface area contributed by atoms with Gasteiger partial charge in [0.2, 0.25) is 0 Å². The van der Waals surface area contributed by atoms with E-state index in [1.165, 1.54) is 0 Å². The zero-order valence-corrected chi connectivity index (χ0v) is 8.32. The average molecular weight is 185 g/mol. The zero-order valence-electron chi connectivity index (χ0n) is 8.32. The van der Waals surface area contributed by atoms with E-state index in [0.29, 0.717) is 12.6 Å². The highest BCUT2D eigenvalue weighted by Gasteiger charge is 2.18. The molecule has 76 valence electrons. The molecule has 0 spiro atoms. The van der Waals surface area contributed by atoms with Crippen LogP contribution in [0.15, 0.2) is 0 Å². The van der Waals surface area contributed by atoms with Gasteiger partial charge >= 0.3 is 6.09 Å². The van der Waals surface area contributed by atoms with Crippen LogP contribution in [0.3, 0.4) is 0 Å². The number of carbonyl (C=O) groups excluding carboxylic acids is 1. The smallest absolute Gasteiger partial charge is 0.409 e. The average Bonchev–Trinajstić information content (AvgIpc) is 2.18. The Morgan fingerprint density at radius 2 is 2.15 bits per heavy atom. The van der Waals surface area contributed by atoms with E-state index in [4.69, 9.17) is 4.74 Å². The van der Waals surface area contributed by atoms with Gasteiger partial charge in [0.1, 0.15) is 0 Å². The Morgan fingerprint density at radius 3 is 2.62 bits per heavy atom. The quantitative estimate of drug-likeness (QED) is 0.656. The molecule has 4 nitrogen and oxygen atoms in total. The second-order valence-electron chi connectivity index (χ2n) is 3.18. The highest BCUT2D eigenvalue weighted by atomic mass is 16.6. The van der Waals surface area contributed by atoms with E-state index in [9.17, 15) is 4.79 Å². The lowest BCUT2D eigenvalue weighted by Crippen LogP contribution is -2.40. The minimum atomic E-state index is -0.183. The van der Waals surface area contributed by atoms with Gasteiger partial charge in [0.15, 0.2) is 0 Å². The first-order valence-corrected chi connectivity index (χ1v) is 4.78. The van der Waals surface area contributed by atoms with Crippen molar-refractivity contribution in [3.05, 3.63) is 5.32 Å². The van der Waals surface area contributed by atoms with Gasteiger partial charge in [-0.3, -0.25) is 0 Å². The summed E-state index contributed by atoms with van der Waals surface area (Å²) in [4.78, 5) is 13.0. The van der Waals surface area contributed by atoms with E-state index in [2.05, 4.69) is 5.32 Å². The number of amides is 1. The predicted molar refractivity (Wildman–Crippen MR) is 50.9 cm³/mol. The lowest BCUT2D eigenvalue weighted by Gasteiger charge is -2.37. The Bertz CT molecular complexity index is 165. The maximum Gasteiger partial charge on any atom is 0.409 e. The molecular formula is C9H17N2O2-. The number of carbonyl (C=O) groups is 1. The third-order valence-corrected chi connectivity index (χ3v) is 2.36. The molecule has 0 radical (unpaired) electrons. The van der Waals surface area contributed by atoms with E-state index in [1.807, 2.05) is 14.0 Å². The van der Waals surface area contributed by atoms with Crippen LogP contribution < -0.4 is 0 Å². The van der Waals surface area contributed by atoms with Crippen LogP contribution in [0.2, 0.25) is 0 Å². The number of piperidine rings is 1. The fourth-order valence-electron chi connectivity index (χ4n) is 1.52. The van der Waals surface area contributed by atoms with Crippen molar-refractivity contribution >= 4 is 6.09 Å². The first kappa shape index (κ1) is 10.3. The molecule has 1 fully saturated rings. The lowest BCUT2D eigenvalue weighted by molar-refractivity contribution is 0.0987. The third kappa shape index (κ3) is 2.88.